The molecule has 3 nitrogen and oxygen atoms in total. The molecule has 62 valence electrons. The second kappa shape index (κ2) is 3.67. The molecule has 0 fully saturated rings. The first-order chi connectivity index (χ1) is 5.25. The quantitative estimate of drug-likeness (QED) is 0.583. The molecule has 1 aliphatic rings. The van der Waals surface area contributed by atoms with Crippen molar-refractivity contribution in [3.8, 4) is 0 Å². The Bertz CT molecular complexity index is 191. The summed E-state index contributed by atoms with van der Waals surface area (Å²) in [6.07, 6.45) is 0. The van der Waals surface area contributed by atoms with Gasteiger partial charge in [-0.25, -0.2) is 4.79 Å². The van der Waals surface area contributed by atoms with E-state index in [9.17, 15) is 4.79 Å². The summed E-state index contributed by atoms with van der Waals surface area (Å²) >= 11 is 1.61. The van der Waals surface area contributed by atoms with Crippen LogP contribution in [0.15, 0.2) is 11.1 Å². The van der Waals surface area contributed by atoms with Crippen LogP contribution < -0.4 is 0 Å². The number of likely N-dealkylation sites (N-methyl/N-ethyl adjacent to an activating group) is 1. The molecule has 0 saturated heterocycles. The summed E-state index contributed by atoms with van der Waals surface area (Å²) in [5, 5.41) is 1.83. The number of rotatable bonds is 2. The van der Waals surface area contributed by atoms with Crippen LogP contribution in [0.5, 0.6) is 0 Å². The fraction of sp³-hybridized carbons (Fsp3) is 0.571. The van der Waals surface area contributed by atoms with Gasteiger partial charge in [0.05, 0.1) is 12.5 Å². The first kappa shape index (κ1) is 8.46. The maximum Gasteiger partial charge on any atom is 0.355 e. The molecule has 1 heterocycles. The number of hydrogen-bond acceptors (Lipinski definition) is 4. The summed E-state index contributed by atoms with van der Waals surface area (Å²) in [7, 11) is 1.88. The van der Waals surface area contributed by atoms with Crippen LogP contribution in [0.25, 0.3) is 0 Å². The summed E-state index contributed by atoms with van der Waals surface area (Å²) in [5.41, 5.74) is 0.664. The number of ether oxygens (including phenoxy) is 1. The van der Waals surface area contributed by atoms with Gasteiger partial charge >= 0.3 is 5.97 Å². The minimum Gasteiger partial charge on any atom is -0.461 e. The summed E-state index contributed by atoms with van der Waals surface area (Å²) in [6, 6.07) is 0. The summed E-state index contributed by atoms with van der Waals surface area (Å²) in [4.78, 5) is 13.0. The predicted molar refractivity (Wildman–Crippen MR) is 44.9 cm³/mol. The van der Waals surface area contributed by atoms with Gasteiger partial charge in [-0.1, -0.05) is 0 Å². The molecule has 0 aromatic heterocycles. The van der Waals surface area contributed by atoms with Crippen molar-refractivity contribution in [3.63, 3.8) is 0 Å². The van der Waals surface area contributed by atoms with Crippen LogP contribution in [0.4, 0.5) is 0 Å². The summed E-state index contributed by atoms with van der Waals surface area (Å²) in [5.74, 6) is 0.619. The first-order valence-corrected chi connectivity index (χ1v) is 4.50. The van der Waals surface area contributed by atoms with Crippen LogP contribution in [-0.2, 0) is 9.53 Å². The van der Waals surface area contributed by atoms with Gasteiger partial charge in [-0.3, -0.25) is 0 Å². The number of carbonyl (C=O) groups is 1. The normalized spacial score (nSPS) is 16.5. The van der Waals surface area contributed by atoms with Crippen LogP contribution in [0, 0.1) is 0 Å². The molecule has 0 N–H and O–H groups in total. The molecule has 0 saturated carbocycles. The zero-order chi connectivity index (χ0) is 8.27. The molecule has 0 spiro atoms. The number of esters is 1. The Labute approximate surface area is 70.4 Å². The number of carbonyl (C=O) groups excluding carboxylic acids is 1. The summed E-state index contributed by atoms with van der Waals surface area (Å²) in [6.45, 7) is 2.25. The molecule has 0 radical (unpaired) electrons. The van der Waals surface area contributed by atoms with Crippen LogP contribution in [0.1, 0.15) is 6.92 Å². The Kier molecular flexibility index (Phi) is 2.82. The molecule has 1 rings (SSSR count). The fourth-order valence-electron chi connectivity index (χ4n) is 0.797. The van der Waals surface area contributed by atoms with E-state index >= 15 is 0 Å². The van der Waals surface area contributed by atoms with E-state index in [1.807, 2.05) is 17.4 Å². The molecule has 0 bridgehead atoms. The lowest BCUT2D eigenvalue weighted by Crippen LogP contribution is -2.20. The Hall–Kier alpha value is -0.640. The third-order valence-electron chi connectivity index (χ3n) is 1.36. The maximum absolute atomic E-state index is 11.1. The van der Waals surface area contributed by atoms with Crippen LogP contribution in [0.2, 0.25) is 0 Å². The van der Waals surface area contributed by atoms with Gasteiger partial charge in [0.25, 0.3) is 0 Å². The van der Waals surface area contributed by atoms with Crippen molar-refractivity contribution in [1.82, 2.24) is 4.90 Å². The topological polar surface area (TPSA) is 29.5 Å². The predicted octanol–water partition coefficient (Wildman–Crippen LogP) is 1.03. The van der Waals surface area contributed by atoms with Gasteiger partial charge in [0.2, 0.25) is 0 Å². The van der Waals surface area contributed by atoms with E-state index in [0.717, 1.165) is 5.88 Å². The zero-order valence-electron chi connectivity index (χ0n) is 6.66. The molecule has 1 aliphatic heterocycles. The van der Waals surface area contributed by atoms with Gasteiger partial charge in [0, 0.05) is 12.5 Å². The monoisotopic (exact) mass is 173 g/mol. The standard InChI is InChI=1S/C7H11NO2S/c1-3-10-7(9)6-4-11-5-8(6)2/h4H,3,5H2,1-2H3. The second-order valence-electron chi connectivity index (χ2n) is 2.22. The lowest BCUT2D eigenvalue weighted by atomic mass is 10.4. The molecule has 0 amide bonds. The van der Waals surface area contributed by atoms with Crippen molar-refractivity contribution in [2.24, 2.45) is 0 Å². The van der Waals surface area contributed by atoms with E-state index in [1.165, 1.54) is 0 Å². The molecule has 0 aromatic carbocycles. The molecule has 11 heavy (non-hydrogen) atoms. The minimum atomic E-state index is -0.222. The highest BCUT2D eigenvalue weighted by atomic mass is 32.2. The van der Waals surface area contributed by atoms with Gasteiger partial charge in [0.1, 0.15) is 5.70 Å². The Balaban J connectivity index is 2.52. The van der Waals surface area contributed by atoms with Crippen LogP contribution in [0.3, 0.4) is 0 Å². The van der Waals surface area contributed by atoms with E-state index < -0.39 is 0 Å². The van der Waals surface area contributed by atoms with Gasteiger partial charge in [0.15, 0.2) is 0 Å². The van der Waals surface area contributed by atoms with Crippen molar-refractivity contribution in [2.45, 2.75) is 6.92 Å². The van der Waals surface area contributed by atoms with Crippen molar-refractivity contribution in [2.75, 3.05) is 19.5 Å². The highest BCUT2D eigenvalue weighted by Crippen LogP contribution is 2.21. The van der Waals surface area contributed by atoms with E-state index in [2.05, 4.69) is 0 Å². The maximum atomic E-state index is 11.1. The SMILES string of the molecule is CCOC(=O)C1=CSCN1C. The second-order valence-corrected chi connectivity index (χ2v) is 3.04. The molecular formula is C7H11NO2S. The third kappa shape index (κ3) is 1.89. The van der Waals surface area contributed by atoms with Crippen molar-refractivity contribution >= 4 is 17.7 Å². The van der Waals surface area contributed by atoms with Gasteiger partial charge in [-0.15, -0.1) is 11.8 Å². The van der Waals surface area contributed by atoms with Crippen LogP contribution in [-0.4, -0.2) is 30.4 Å². The van der Waals surface area contributed by atoms with Gasteiger partial charge < -0.3 is 9.64 Å². The molecule has 0 aliphatic carbocycles. The fourth-order valence-corrected chi connectivity index (χ4v) is 1.67. The molecular weight excluding hydrogens is 162 g/mol. The zero-order valence-corrected chi connectivity index (χ0v) is 7.48. The Morgan fingerprint density at radius 3 is 3.09 bits per heavy atom. The summed E-state index contributed by atoms with van der Waals surface area (Å²) < 4.78 is 4.83. The average Bonchev–Trinajstić information content (AvgIpc) is 2.36. The third-order valence-corrected chi connectivity index (χ3v) is 2.29. The molecule has 4 heteroatoms. The van der Waals surface area contributed by atoms with Gasteiger partial charge in [-0.05, 0) is 6.92 Å². The molecule has 0 atom stereocenters. The van der Waals surface area contributed by atoms with Crippen LogP contribution >= 0.6 is 11.8 Å². The number of hydrogen-bond donors (Lipinski definition) is 0. The highest BCUT2D eigenvalue weighted by Gasteiger charge is 2.19. The van der Waals surface area contributed by atoms with E-state index in [-0.39, 0.29) is 5.97 Å². The van der Waals surface area contributed by atoms with E-state index in [0.29, 0.717) is 12.3 Å². The molecule has 0 unspecified atom stereocenters. The highest BCUT2D eigenvalue weighted by molar-refractivity contribution is 8.02. The van der Waals surface area contributed by atoms with Gasteiger partial charge in [-0.2, -0.15) is 0 Å². The number of nitrogens with zero attached hydrogens (tertiary/aromatic N) is 1. The lowest BCUT2D eigenvalue weighted by Gasteiger charge is -2.12. The van der Waals surface area contributed by atoms with Crippen molar-refractivity contribution in [1.29, 1.82) is 0 Å². The van der Waals surface area contributed by atoms with E-state index in [4.69, 9.17) is 4.74 Å². The largest absolute Gasteiger partial charge is 0.461 e. The first-order valence-electron chi connectivity index (χ1n) is 3.45. The van der Waals surface area contributed by atoms with E-state index in [1.54, 1.807) is 18.7 Å². The average molecular weight is 173 g/mol. The minimum absolute atomic E-state index is 0.222. The molecule has 0 aromatic rings. The lowest BCUT2D eigenvalue weighted by molar-refractivity contribution is -0.139. The number of thioether (sulfide) groups is 1. The Morgan fingerprint density at radius 1 is 1.91 bits per heavy atom. The smallest absolute Gasteiger partial charge is 0.355 e. The Morgan fingerprint density at radius 2 is 2.64 bits per heavy atom. The van der Waals surface area contributed by atoms with Crippen molar-refractivity contribution in [3.05, 3.63) is 11.1 Å². The van der Waals surface area contributed by atoms with Crippen molar-refractivity contribution < 1.29 is 9.53 Å².